The van der Waals surface area contributed by atoms with Crippen molar-refractivity contribution in [3.63, 3.8) is 0 Å². The Morgan fingerprint density at radius 3 is 2.40 bits per heavy atom. The molecule has 0 amide bonds. The van der Waals surface area contributed by atoms with Crippen LogP contribution in [0.1, 0.15) is 11.1 Å². The average molecular weight is 357 g/mol. The summed E-state index contributed by atoms with van der Waals surface area (Å²) >= 11 is 0. The number of nitrogens with one attached hydrogen (secondary N) is 1. The molecule has 0 radical (unpaired) electrons. The molecule has 130 valence electrons. The number of furan rings is 1. The van der Waals surface area contributed by atoms with Crippen molar-refractivity contribution in [2.75, 3.05) is 7.11 Å². The fourth-order valence-electron chi connectivity index (χ4n) is 2.55. The molecule has 0 unspecified atom stereocenters. The maximum Gasteiger partial charge on any atom is 0.241 e. The van der Waals surface area contributed by atoms with Gasteiger partial charge in [0, 0.05) is 12.1 Å². The molecule has 0 fully saturated rings. The summed E-state index contributed by atoms with van der Waals surface area (Å²) in [5, 5.41) is 0. The van der Waals surface area contributed by atoms with Crippen LogP contribution in [-0.4, -0.2) is 15.5 Å². The third-order valence-electron chi connectivity index (χ3n) is 3.95. The molecule has 1 aromatic heterocycles. The van der Waals surface area contributed by atoms with Gasteiger partial charge in [0.15, 0.2) is 0 Å². The highest BCUT2D eigenvalue weighted by molar-refractivity contribution is 7.89. The van der Waals surface area contributed by atoms with Crippen LogP contribution in [0.2, 0.25) is 0 Å². The van der Waals surface area contributed by atoms with E-state index in [9.17, 15) is 8.42 Å². The van der Waals surface area contributed by atoms with Gasteiger partial charge in [0.25, 0.3) is 0 Å². The Balaban J connectivity index is 1.72. The van der Waals surface area contributed by atoms with E-state index >= 15 is 0 Å². The number of hydrogen-bond donors (Lipinski definition) is 1. The van der Waals surface area contributed by atoms with Crippen LogP contribution in [0.3, 0.4) is 0 Å². The summed E-state index contributed by atoms with van der Waals surface area (Å²) in [5.41, 5.74) is 3.52. The van der Waals surface area contributed by atoms with Crippen LogP contribution in [0.15, 0.2) is 70.4 Å². The quantitative estimate of drug-likeness (QED) is 0.730. The summed E-state index contributed by atoms with van der Waals surface area (Å²) < 4.78 is 37.8. The predicted molar refractivity (Wildman–Crippen MR) is 95.9 cm³/mol. The Morgan fingerprint density at radius 2 is 1.80 bits per heavy atom. The molecule has 0 aliphatic rings. The molecule has 0 atom stereocenters. The van der Waals surface area contributed by atoms with E-state index in [1.165, 1.54) is 0 Å². The Hall–Kier alpha value is -2.57. The fourth-order valence-corrected chi connectivity index (χ4v) is 3.79. The summed E-state index contributed by atoms with van der Waals surface area (Å²) in [7, 11) is -2.04. The highest BCUT2D eigenvalue weighted by Gasteiger charge is 2.17. The molecule has 0 spiro atoms. The van der Waals surface area contributed by atoms with Crippen LogP contribution in [-0.2, 0) is 16.6 Å². The normalized spacial score (nSPS) is 11.4. The molecular weight excluding hydrogens is 338 g/mol. The minimum atomic E-state index is -3.59. The van der Waals surface area contributed by atoms with Crippen molar-refractivity contribution in [3.05, 3.63) is 72.2 Å². The fraction of sp³-hybridized carbons (Fsp3) is 0.158. The summed E-state index contributed by atoms with van der Waals surface area (Å²) in [4.78, 5) is 0.253. The number of methoxy groups -OCH3 is 1. The average Bonchev–Trinajstić information content (AvgIpc) is 3.15. The lowest BCUT2D eigenvalue weighted by Gasteiger charge is -2.11. The monoisotopic (exact) mass is 357 g/mol. The van der Waals surface area contributed by atoms with Gasteiger partial charge in [-0.15, -0.1) is 0 Å². The van der Waals surface area contributed by atoms with Crippen molar-refractivity contribution < 1.29 is 17.6 Å². The lowest BCUT2D eigenvalue weighted by Crippen LogP contribution is -2.24. The van der Waals surface area contributed by atoms with Crippen LogP contribution in [0.25, 0.3) is 11.1 Å². The second-order valence-electron chi connectivity index (χ2n) is 5.66. The van der Waals surface area contributed by atoms with Crippen molar-refractivity contribution in [3.8, 4) is 16.9 Å². The summed E-state index contributed by atoms with van der Waals surface area (Å²) in [6.07, 6.45) is 3.29. The smallest absolute Gasteiger partial charge is 0.241 e. The summed E-state index contributed by atoms with van der Waals surface area (Å²) in [6.45, 7) is 1.97. The highest BCUT2D eigenvalue weighted by atomic mass is 32.2. The Bertz CT molecular complexity index is 946. The van der Waals surface area contributed by atoms with Crippen LogP contribution in [0.5, 0.6) is 5.75 Å². The molecule has 5 nitrogen and oxygen atoms in total. The number of sulfonamides is 1. The summed E-state index contributed by atoms with van der Waals surface area (Å²) in [6, 6.07) is 14.4. The van der Waals surface area contributed by atoms with Crippen LogP contribution in [0, 0.1) is 6.92 Å². The van der Waals surface area contributed by atoms with Gasteiger partial charge in [-0.2, -0.15) is 0 Å². The molecule has 25 heavy (non-hydrogen) atoms. The van der Waals surface area contributed by atoms with E-state index in [1.807, 2.05) is 30.3 Å². The molecule has 0 saturated carbocycles. The molecule has 3 rings (SSSR count). The maximum absolute atomic E-state index is 12.5. The van der Waals surface area contributed by atoms with Gasteiger partial charge in [-0.25, -0.2) is 13.1 Å². The van der Waals surface area contributed by atoms with E-state index < -0.39 is 10.0 Å². The van der Waals surface area contributed by atoms with E-state index in [4.69, 9.17) is 9.15 Å². The molecule has 6 heteroatoms. The summed E-state index contributed by atoms with van der Waals surface area (Å²) in [5.74, 6) is 0.631. The molecule has 0 bridgehead atoms. The molecule has 0 saturated heterocycles. The zero-order valence-electron chi connectivity index (χ0n) is 14.0. The molecular formula is C19H19NO4S. The Kier molecular flexibility index (Phi) is 4.92. The lowest BCUT2D eigenvalue weighted by molar-refractivity contribution is 0.414. The van der Waals surface area contributed by atoms with Gasteiger partial charge in [0.2, 0.25) is 10.0 Å². The second-order valence-corrected chi connectivity index (χ2v) is 7.40. The number of ether oxygens (including phenoxy) is 1. The molecule has 1 N–H and O–H groups in total. The minimum absolute atomic E-state index is 0.222. The van der Waals surface area contributed by atoms with E-state index in [2.05, 4.69) is 4.72 Å². The zero-order chi connectivity index (χ0) is 17.9. The second kappa shape index (κ2) is 7.13. The number of rotatable bonds is 6. The zero-order valence-corrected chi connectivity index (χ0v) is 14.8. The first-order chi connectivity index (χ1) is 12.0. The Morgan fingerprint density at radius 1 is 1.04 bits per heavy atom. The van der Waals surface area contributed by atoms with Crippen LogP contribution >= 0.6 is 0 Å². The van der Waals surface area contributed by atoms with Crippen molar-refractivity contribution >= 4 is 10.0 Å². The number of aryl methyl sites for hydroxylation is 1. The van der Waals surface area contributed by atoms with E-state index in [0.717, 1.165) is 16.7 Å². The van der Waals surface area contributed by atoms with Crippen molar-refractivity contribution in [2.24, 2.45) is 0 Å². The number of benzene rings is 2. The largest absolute Gasteiger partial charge is 0.497 e. The van der Waals surface area contributed by atoms with Gasteiger partial charge in [0.1, 0.15) is 5.75 Å². The highest BCUT2D eigenvalue weighted by Crippen LogP contribution is 2.22. The van der Waals surface area contributed by atoms with Crippen LogP contribution < -0.4 is 9.46 Å². The first-order valence-electron chi connectivity index (χ1n) is 7.75. The van der Waals surface area contributed by atoms with Crippen molar-refractivity contribution in [1.82, 2.24) is 4.72 Å². The van der Waals surface area contributed by atoms with Gasteiger partial charge in [-0.1, -0.05) is 24.3 Å². The van der Waals surface area contributed by atoms with Gasteiger partial charge in [-0.3, -0.25) is 0 Å². The van der Waals surface area contributed by atoms with E-state index in [1.54, 1.807) is 44.8 Å². The first kappa shape index (κ1) is 17.3. The van der Waals surface area contributed by atoms with Crippen molar-refractivity contribution in [1.29, 1.82) is 0 Å². The van der Waals surface area contributed by atoms with E-state index in [0.29, 0.717) is 11.3 Å². The predicted octanol–water partition coefficient (Wildman–Crippen LogP) is 3.74. The lowest BCUT2D eigenvalue weighted by atomic mass is 10.1. The SMILES string of the molecule is COc1ccc(S(=O)(=O)NCc2ccc(-c3ccoc3)cc2)c(C)c1. The van der Waals surface area contributed by atoms with Gasteiger partial charge in [-0.05, 0) is 47.9 Å². The molecule has 1 heterocycles. The number of hydrogen-bond acceptors (Lipinski definition) is 4. The Labute approximate surface area is 147 Å². The van der Waals surface area contributed by atoms with Gasteiger partial charge in [0.05, 0.1) is 24.5 Å². The first-order valence-corrected chi connectivity index (χ1v) is 9.24. The van der Waals surface area contributed by atoms with E-state index in [-0.39, 0.29) is 11.4 Å². The molecule has 3 aromatic rings. The van der Waals surface area contributed by atoms with Crippen molar-refractivity contribution in [2.45, 2.75) is 18.4 Å². The van der Waals surface area contributed by atoms with Gasteiger partial charge < -0.3 is 9.15 Å². The molecule has 0 aliphatic heterocycles. The molecule has 0 aliphatic carbocycles. The third-order valence-corrected chi connectivity index (χ3v) is 5.51. The minimum Gasteiger partial charge on any atom is -0.497 e. The maximum atomic E-state index is 12.5. The third kappa shape index (κ3) is 3.92. The van der Waals surface area contributed by atoms with Gasteiger partial charge >= 0.3 is 0 Å². The standard InChI is InChI=1S/C19H19NO4S/c1-14-11-18(23-2)7-8-19(14)25(21,22)20-12-15-3-5-16(6-4-15)17-9-10-24-13-17/h3-11,13,20H,12H2,1-2H3. The topological polar surface area (TPSA) is 68.5 Å². The molecule has 2 aromatic carbocycles. The van der Waals surface area contributed by atoms with Crippen LogP contribution in [0.4, 0.5) is 0 Å².